The third kappa shape index (κ3) is 3.82. The molecule has 130 valence electrons. The highest BCUT2D eigenvalue weighted by Crippen LogP contribution is 2.15. The number of hydrogen-bond donors (Lipinski definition) is 1. The maximum absolute atomic E-state index is 11.0. The summed E-state index contributed by atoms with van der Waals surface area (Å²) >= 11 is 0. The Bertz CT molecular complexity index is 884. The van der Waals surface area contributed by atoms with Gasteiger partial charge in [-0.15, -0.1) is 5.10 Å². The molecular weight excluding hydrogens is 322 g/mol. The standard InChI is InChI=1S/C16H19N7O2/c1-12-5-3-4-6-15(12)18-9-14-11-21(20-19-14)7-8-22-13(2)17-10-16(22)23(24)25/h3-6,10-11,18H,7-9H2,1-2H3. The first-order chi connectivity index (χ1) is 12.0. The highest BCUT2D eigenvalue weighted by atomic mass is 16.6. The van der Waals surface area contributed by atoms with Crippen LogP contribution in [0.1, 0.15) is 17.1 Å². The van der Waals surface area contributed by atoms with Gasteiger partial charge in [-0.3, -0.25) is 0 Å². The van der Waals surface area contributed by atoms with Crippen LogP contribution in [0.3, 0.4) is 0 Å². The number of aryl methyl sites for hydroxylation is 3. The van der Waals surface area contributed by atoms with Crippen molar-refractivity contribution in [1.82, 2.24) is 24.5 Å². The molecule has 2 aromatic heterocycles. The number of hydrogen-bond acceptors (Lipinski definition) is 6. The van der Waals surface area contributed by atoms with Crippen molar-refractivity contribution in [3.8, 4) is 0 Å². The summed E-state index contributed by atoms with van der Waals surface area (Å²) in [6, 6.07) is 8.03. The summed E-state index contributed by atoms with van der Waals surface area (Å²) in [5, 5.41) is 22.5. The van der Waals surface area contributed by atoms with E-state index in [1.54, 1.807) is 16.2 Å². The molecular formula is C16H19N7O2. The Balaban J connectivity index is 1.60. The third-order valence-electron chi connectivity index (χ3n) is 3.96. The Morgan fingerprint density at radius 3 is 2.80 bits per heavy atom. The van der Waals surface area contributed by atoms with E-state index in [2.05, 4.69) is 20.6 Å². The normalized spacial score (nSPS) is 10.8. The fourth-order valence-corrected chi connectivity index (χ4v) is 2.57. The van der Waals surface area contributed by atoms with Crippen molar-refractivity contribution in [2.45, 2.75) is 33.5 Å². The lowest BCUT2D eigenvalue weighted by Crippen LogP contribution is -2.11. The lowest BCUT2D eigenvalue weighted by molar-refractivity contribution is -0.392. The SMILES string of the molecule is Cc1ccccc1NCc1cn(CCn2c([N+](=O)[O-])cnc2C)nn1. The van der Waals surface area contributed by atoms with E-state index in [4.69, 9.17) is 0 Å². The van der Waals surface area contributed by atoms with Gasteiger partial charge in [-0.1, -0.05) is 23.4 Å². The Hall–Kier alpha value is -3.23. The summed E-state index contributed by atoms with van der Waals surface area (Å²) in [6.07, 6.45) is 3.11. The molecule has 0 aliphatic carbocycles. The zero-order chi connectivity index (χ0) is 17.8. The predicted molar refractivity (Wildman–Crippen MR) is 92.1 cm³/mol. The Morgan fingerprint density at radius 1 is 1.24 bits per heavy atom. The minimum absolute atomic E-state index is 0.0148. The minimum atomic E-state index is -0.432. The smallest absolute Gasteiger partial charge is 0.342 e. The van der Waals surface area contributed by atoms with E-state index in [1.165, 1.54) is 6.20 Å². The summed E-state index contributed by atoms with van der Waals surface area (Å²) < 4.78 is 3.24. The molecule has 0 saturated heterocycles. The molecule has 25 heavy (non-hydrogen) atoms. The highest BCUT2D eigenvalue weighted by Gasteiger charge is 2.17. The number of para-hydroxylation sites is 1. The van der Waals surface area contributed by atoms with Crippen LogP contribution in [0.2, 0.25) is 0 Å². The van der Waals surface area contributed by atoms with E-state index >= 15 is 0 Å². The van der Waals surface area contributed by atoms with Crippen molar-refractivity contribution in [3.05, 3.63) is 63.9 Å². The zero-order valence-electron chi connectivity index (χ0n) is 14.1. The van der Waals surface area contributed by atoms with Crippen LogP contribution in [0.25, 0.3) is 0 Å². The van der Waals surface area contributed by atoms with Gasteiger partial charge in [0.15, 0.2) is 5.82 Å². The second kappa shape index (κ2) is 7.12. The quantitative estimate of drug-likeness (QED) is 0.522. The molecule has 0 aliphatic rings. The number of anilines is 1. The number of imidazole rings is 1. The van der Waals surface area contributed by atoms with Crippen LogP contribution in [-0.4, -0.2) is 29.5 Å². The molecule has 1 N–H and O–H groups in total. The third-order valence-corrected chi connectivity index (χ3v) is 3.96. The van der Waals surface area contributed by atoms with Gasteiger partial charge >= 0.3 is 5.82 Å². The first-order valence-electron chi connectivity index (χ1n) is 7.89. The number of benzene rings is 1. The van der Waals surface area contributed by atoms with Crippen molar-refractivity contribution in [3.63, 3.8) is 0 Å². The van der Waals surface area contributed by atoms with Gasteiger partial charge in [0.25, 0.3) is 0 Å². The topological polar surface area (TPSA) is 104 Å². The summed E-state index contributed by atoms with van der Waals surface area (Å²) in [5.41, 5.74) is 3.03. The summed E-state index contributed by atoms with van der Waals surface area (Å²) in [4.78, 5) is 14.6. The molecule has 0 fully saturated rings. The molecule has 3 aromatic rings. The van der Waals surface area contributed by atoms with Crippen LogP contribution in [0, 0.1) is 24.0 Å². The molecule has 9 nitrogen and oxygen atoms in total. The van der Waals surface area contributed by atoms with Gasteiger partial charge in [0.05, 0.1) is 19.3 Å². The van der Waals surface area contributed by atoms with Crippen LogP contribution in [0.5, 0.6) is 0 Å². The molecule has 0 bridgehead atoms. The highest BCUT2D eigenvalue weighted by molar-refractivity contribution is 5.50. The molecule has 0 atom stereocenters. The van der Waals surface area contributed by atoms with Crippen molar-refractivity contribution < 1.29 is 4.92 Å². The summed E-state index contributed by atoms with van der Waals surface area (Å²) in [7, 11) is 0. The Kier molecular flexibility index (Phi) is 4.73. The number of rotatable bonds is 7. The van der Waals surface area contributed by atoms with Crippen molar-refractivity contribution >= 4 is 11.5 Å². The van der Waals surface area contributed by atoms with E-state index < -0.39 is 4.92 Å². The Morgan fingerprint density at radius 2 is 2.04 bits per heavy atom. The molecule has 0 unspecified atom stereocenters. The average Bonchev–Trinajstić information content (AvgIpc) is 3.18. The van der Waals surface area contributed by atoms with Crippen LogP contribution >= 0.6 is 0 Å². The van der Waals surface area contributed by atoms with Crippen molar-refractivity contribution in [2.75, 3.05) is 5.32 Å². The van der Waals surface area contributed by atoms with Crippen molar-refractivity contribution in [1.29, 1.82) is 0 Å². The molecule has 3 rings (SSSR count). The van der Waals surface area contributed by atoms with E-state index in [9.17, 15) is 10.1 Å². The van der Waals surface area contributed by atoms with Crippen LogP contribution in [0.4, 0.5) is 11.5 Å². The van der Waals surface area contributed by atoms with Gasteiger partial charge in [0, 0.05) is 12.6 Å². The maximum atomic E-state index is 11.0. The molecule has 0 aliphatic heterocycles. The lowest BCUT2D eigenvalue weighted by atomic mass is 10.2. The Labute approximate surface area is 144 Å². The van der Waals surface area contributed by atoms with Gasteiger partial charge < -0.3 is 15.4 Å². The molecule has 1 aromatic carbocycles. The number of nitrogens with zero attached hydrogens (tertiary/aromatic N) is 6. The van der Waals surface area contributed by atoms with Gasteiger partial charge in [0.2, 0.25) is 0 Å². The average molecular weight is 341 g/mol. The minimum Gasteiger partial charge on any atom is -0.379 e. The fraction of sp³-hybridized carbons (Fsp3) is 0.312. The number of aromatic nitrogens is 5. The molecule has 9 heteroatoms. The molecule has 0 spiro atoms. The van der Waals surface area contributed by atoms with Gasteiger partial charge in [-0.2, -0.15) is 0 Å². The number of nitrogens with one attached hydrogen (secondary N) is 1. The first-order valence-corrected chi connectivity index (χ1v) is 7.89. The molecule has 0 saturated carbocycles. The van der Waals surface area contributed by atoms with Crippen LogP contribution < -0.4 is 5.32 Å². The van der Waals surface area contributed by atoms with Crippen molar-refractivity contribution in [2.24, 2.45) is 0 Å². The fourth-order valence-electron chi connectivity index (χ4n) is 2.57. The van der Waals surface area contributed by atoms with Gasteiger partial charge in [-0.25, -0.2) is 14.2 Å². The molecule has 0 amide bonds. The predicted octanol–water partition coefficient (Wildman–Crippen LogP) is 2.31. The van der Waals surface area contributed by atoms with E-state index in [0.717, 1.165) is 16.9 Å². The second-order valence-corrected chi connectivity index (χ2v) is 5.71. The zero-order valence-corrected chi connectivity index (χ0v) is 14.1. The molecule has 2 heterocycles. The summed E-state index contributed by atoms with van der Waals surface area (Å²) in [5.74, 6) is 0.590. The van der Waals surface area contributed by atoms with Crippen LogP contribution in [-0.2, 0) is 19.6 Å². The van der Waals surface area contributed by atoms with E-state index in [-0.39, 0.29) is 5.82 Å². The van der Waals surface area contributed by atoms with Crippen LogP contribution in [0.15, 0.2) is 36.7 Å². The number of nitro groups is 1. The lowest BCUT2D eigenvalue weighted by Gasteiger charge is -2.06. The van der Waals surface area contributed by atoms with Gasteiger partial charge in [0.1, 0.15) is 18.4 Å². The largest absolute Gasteiger partial charge is 0.379 e. The second-order valence-electron chi connectivity index (χ2n) is 5.71. The molecule has 0 radical (unpaired) electrons. The van der Waals surface area contributed by atoms with E-state index in [1.807, 2.05) is 37.4 Å². The summed E-state index contributed by atoms with van der Waals surface area (Å²) in [6.45, 7) is 5.24. The monoisotopic (exact) mass is 341 g/mol. The van der Waals surface area contributed by atoms with E-state index in [0.29, 0.717) is 25.5 Å². The first kappa shape index (κ1) is 16.6. The van der Waals surface area contributed by atoms with Gasteiger partial charge in [-0.05, 0) is 23.5 Å². The maximum Gasteiger partial charge on any atom is 0.342 e.